The Kier molecular flexibility index (Phi) is 5.45. The second-order valence-corrected chi connectivity index (χ2v) is 9.14. The van der Waals surface area contributed by atoms with E-state index in [1.165, 1.54) is 36.7 Å². The molecule has 1 aromatic rings. The van der Waals surface area contributed by atoms with Gasteiger partial charge in [-0.15, -0.1) is 0 Å². The molecule has 1 fully saturated rings. The van der Waals surface area contributed by atoms with Crippen molar-refractivity contribution in [2.24, 2.45) is 0 Å². The number of hydrogen-bond donors (Lipinski definition) is 1. The van der Waals surface area contributed by atoms with E-state index in [0.29, 0.717) is 4.90 Å². The van der Waals surface area contributed by atoms with Crippen LogP contribution in [0.1, 0.15) is 24.8 Å². The quantitative estimate of drug-likeness (QED) is 0.496. The Morgan fingerprint density at radius 3 is 2.53 bits per heavy atom. The summed E-state index contributed by atoms with van der Waals surface area (Å²) in [5.41, 5.74) is 1.11. The average Bonchev–Trinajstić information content (AvgIpc) is 2.88. The van der Waals surface area contributed by atoms with Gasteiger partial charge in [-0.25, -0.2) is 0 Å². The lowest BCUT2D eigenvalue weighted by Gasteiger charge is -2.13. The van der Waals surface area contributed by atoms with Crippen LogP contribution in [0, 0.1) is 6.92 Å². The highest BCUT2D eigenvalue weighted by atomic mass is 33.2. The molecule has 1 aliphatic rings. The van der Waals surface area contributed by atoms with E-state index in [0.717, 1.165) is 24.3 Å². The van der Waals surface area contributed by atoms with Crippen LogP contribution in [0.3, 0.4) is 0 Å². The molecular weight excluding hydrogens is 278 g/mol. The van der Waals surface area contributed by atoms with Gasteiger partial charge in [0, 0.05) is 5.75 Å². The van der Waals surface area contributed by atoms with Crippen molar-refractivity contribution in [3.05, 3.63) is 29.8 Å². The minimum absolute atomic E-state index is 0.532. The van der Waals surface area contributed by atoms with Crippen LogP contribution in [0.4, 0.5) is 0 Å². The standard InChI is InChI=1S/C14H21NO2S2/c1-13-5-7-14(8-6-13)19(16,17)18-12-4-11-15-9-2-3-10-15/h5-8H,2-4,9-12H2,1H3/p+1. The molecule has 1 unspecified atom stereocenters. The summed E-state index contributed by atoms with van der Waals surface area (Å²) in [5.74, 6) is 0.736. The third kappa shape index (κ3) is 4.60. The molecule has 3 nitrogen and oxygen atoms in total. The third-order valence-electron chi connectivity index (χ3n) is 3.38. The lowest BCUT2D eigenvalue weighted by atomic mass is 10.2. The van der Waals surface area contributed by atoms with Gasteiger partial charge in [0.15, 0.2) is 0 Å². The van der Waals surface area contributed by atoms with Crippen LogP contribution in [0.2, 0.25) is 0 Å². The summed E-state index contributed by atoms with van der Waals surface area (Å²) in [4.78, 5) is 2.97. The van der Waals surface area contributed by atoms with Crippen molar-refractivity contribution in [2.75, 3.05) is 25.4 Å². The van der Waals surface area contributed by atoms with Crippen molar-refractivity contribution in [2.45, 2.75) is 31.1 Å². The van der Waals surface area contributed by atoms with Crippen LogP contribution in [0.5, 0.6) is 0 Å². The molecule has 106 valence electrons. The van der Waals surface area contributed by atoms with Crippen LogP contribution in [0.15, 0.2) is 29.2 Å². The number of aryl methyl sites for hydroxylation is 1. The molecule has 0 amide bonds. The number of nitrogens with zero attached hydrogens (tertiary/aromatic N) is 1. The van der Waals surface area contributed by atoms with Crippen molar-refractivity contribution < 1.29 is 8.76 Å². The Balaban J connectivity index is 1.77. The van der Waals surface area contributed by atoms with Crippen molar-refractivity contribution in [1.29, 1.82) is 0 Å². The van der Waals surface area contributed by atoms with Crippen molar-refractivity contribution in [3.63, 3.8) is 0 Å². The Labute approximate surface area is 120 Å². The summed E-state index contributed by atoms with van der Waals surface area (Å²) < 4.78 is 22.2. The van der Waals surface area contributed by atoms with E-state index >= 15 is 0 Å². The van der Waals surface area contributed by atoms with E-state index in [2.05, 4.69) is 4.90 Å². The summed E-state index contributed by atoms with van der Waals surface area (Å²) in [6.07, 6.45) is 3.58. The molecule has 0 spiro atoms. The van der Waals surface area contributed by atoms with Gasteiger partial charge in [-0.05, 0) is 62.2 Å². The predicted molar refractivity (Wildman–Crippen MR) is 82.9 cm³/mol. The maximum atomic E-state index is 12.2. The van der Waals surface area contributed by atoms with Crippen LogP contribution < -0.4 is 0 Å². The molecule has 1 aliphatic heterocycles. The van der Waals surface area contributed by atoms with Gasteiger partial charge in [-0.2, -0.15) is 4.55 Å². The fourth-order valence-corrected chi connectivity index (χ4v) is 5.11. The Morgan fingerprint density at radius 2 is 1.89 bits per heavy atom. The van der Waals surface area contributed by atoms with E-state index in [-0.39, 0.29) is 0 Å². The van der Waals surface area contributed by atoms with E-state index in [1.54, 1.807) is 12.1 Å². The van der Waals surface area contributed by atoms with Gasteiger partial charge < -0.3 is 4.90 Å². The Bertz CT molecular complexity index is 441. The minimum atomic E-state index is -2.92. The largest absolute Gasteiger partial charge is 0.308 e. The highest BCUT2D eigenvalue weighted by Gasteiger charge is 2.30. The topological polar surface area (TPSA) is 40.5 Å². The summed E-state index contributed by atoms with van der Waals surface area (Å²) in [6.45, 7) is 5.41. The first-order valence-corrected chi connectivity index (χ1v) is 9.80. The zero-order valence-electron chi connectivity index (χ0n) is 11.4. The lowest BCUT2D eigenvalue weighted by Crippen LogP contribution is -2.21. The smallest absolute Gasteiger partial charge is 0.303 e. The monoisotopic (exact) mass is 300 g/mol. The number of rotatable bonds is 6. The predicted octanol–water partition coefficient (Wildman–Crippen LogP) is 3.46. The van der Waals surface area contributed by atoms with Crippen LogP contribution in [0.25, 0.3) is 0 Å². The average molecular weight is 300 g/mol. The fraction of sp³-hybridized carbons (Fsp3) is 0.571. The molecule has 5 heteroatoms. The van der Waals surface area contributed by atoms with Gasteiger partial charge >= 0.3 is 9.25 Å². The minimum Gasteiger partial charge on any atom is -0.303 e. The van der Waals surface area contributed by atoms with Crippen molar-refractivity contribution in [3.8, 4) is 0 Å². The highest BCUT2D eigenvalue weighted by molar-refractivity contribution is 8.74. The summed E-state index contributed by atoms with van der Waals surface area (Å²) in [6, 6.07) is 7.28. The van der Waals surface area contributed by atoms with E-state index in [4.69, 9.17) is 0 Å². The molecule has 1 N–H and O–H groups in total. The van der Waals surface area contributed by atoms with Gasteiger partial charge in [-0.3, -0.25) is 0 Å². The maximum absolute atomic E-state index is 12.2. The molecule has 2 rings (SSSR count). The number of hydrogen-bond acceptors (Lipinski definition) is 3. The van der Waals surface area contributed by atoms with Crippen molar-refractivity contribution in [1.82, 2.24) is 4.90 Å². The molecule has 0 radical (unpaired) electrons. The molecule has 0 aliphatic carbocycles. The zero-order chi connectivity index (χ0) is 13.7. The Morgan fingerprint density at radius 1 is 1.26 bits per heavy atom. The lowest BCUT2D eigenvalue weighted by molar-refractivity contribution is 0.341. The van der Waals surface area contributed by atoms with E-state index in [1.807, 2.05) is 19.1 Å². The summed E-state index contributed by atoms with van der Waals surface area (Å²) in [7, 11) is -1.75. The summed E-state index contributed by atoms with van der Waals surface area (Å²) >= 11 is 0. The van der Waals surface area contributed by atoms with Crippen molar-refractivity contribution >= 4 is 20.0 Å². The number of benzene rings is 1. The van der Waals surface area contributed by atoms with Gasteiger partial charge in [0.2, 0.25) is 4.90 Å². The first-order chi connectivity index (χ1) is 9.08. The van der Waals surface area contributed by atoms with Crippen LogP contribution >= 0.6 is 10.8 Å². The molecule has 0 saturated carbocycles. The zero-order valence-corrected chi connectivity index (χ0v) is 13.0. The molecule has 0 bridgehead atoms. The fourth-order valence-electron chi connectivity index (χ4n) is 2.24. The van der Waals surface area contributed by atoms with Crippen LogP contribution in [-0.2, 0) is 13.5 Å². The third-order valence-corrected chi connectivity index (χ3v) is 7.06. The molecular formula is C14H22NO2S2+. The molecule has 19 heavy (non-hydrogen) atoms. The van der Waals surface area contributed by atoms with Crippen LogP contribution in [-0.4, -0.2) is 34.8 Å². The van der Waals surface area contributed by atoms with Gasteiger partial charge in [0.1, 0.15) is 10.8 Å². The first-order valence-electron chi connectivity index (χ1n) is 6.78. The normalized spacial score (nSPS) is 19.5. The number of likely N-dealkylation sites (tertiary alicyclic amines) is 1. The SMILES string of the molecule is Cc1ccc([S+](=O)(O)SCCCN2CCCC2)cc1. The highest BCUT2D eigenvalue weighted by Crippen LogP contribution is 2.29. The van der Waals surface area contributed by atoms with Gasteiger partial charge in [-0.1, -0.05) is 17.7 Å². The Hall–Kier alpha value is -0.360. The van der Waals surface area contributed by atoms with Gasteiger partial charge in [0.05, 0.1) is 0 Å². The molecule has 1 aromatic carbocycles. The second kappa shape index (κ2) is 6.88. The maximum Gasteiger partial charge on any atom is 0.308 e. The second-order valence-electron chi connectivity index (χ2n) is 5.01. The van der Waals surface area contributed by atoms with Gasteiger partial charge in [0.25, 0.3) is 0 Å². The molecule has 1 saturated heterocycles. The first kappa shape index (κ1) is 15.0. The molecule has 1 atom stereocenters. The summed E-state index contributed by atoms with van der Waals surface area (Å²) in [5, 5.41) is 0. The molecule has 1 heterocycles. The molecule has 0 aromatic heterocycles. The van der Waals surface area contributed by atoms with E-state index in [9.17, 15) is 8.76 Å². The van der Waals surface area contributed by atoms with E-state index < -0.39 is 9.25 Å².